The van der Waals surface area contributed by atoms with E-state index in [1.165, 1.54) is 0 Å². The molecule has 0 aromatic rings. The van der Waals surface area contributed by atoms with Crippen LogP contribution in [0.2, 0.25) is 0 Å². The minimum atomic E-state index is -0.477. The molecule has 0 fully saturated rings. The Morgan fingerprint density at radius 2 is 2.07 bits per heavy atom. The molecule has 0 unspecified atom stereocenters. The maximum Gasteiger partial charge on any atom is 0.222 e. The molecule has 0 aromatic carbocycles. The zero-order valence-electron chi connectivity index (χ0n) is 8.35. The summed E-state index contributed by atoms with van der Waals surface area (Å²) in [5.41, 5.74) is 0. The molecule has 4 nitrogen and oxygen atoms in total. The first-order valence-corrected chi connectivity index (χ1v) is 5.07. The van der Waals surface area contributed by atoms with E-state index < -0.39 is 5.24 Å². The lowest BCUT2D eigenvalue weighted by Gasteiger charge is -2.03. The normalized spacial score (nSPS) is 9.86. The minimum Gasteiger partial charge on any atom is -0.382 e. The largest absolute Gasteiger partial charge is 0.382 e. The van der Waals surface area contributed by atoms with E-state index >= 15 is 0 Å². The van der Waals surface area contributed by atoms with Gasteiger partial charge in [0.15, 0.2) is 0 Å². The average molecular weight is 222 g/mol. The number of carbonyl (C=O) groups excluding carboxylic acids is 2. The highest BCUT2D eigenvalue weighted by molar-refractivity contribution is 6.63. The summed E-state index contributed by atoms with van der Waals surface area (Å²) in [5.74, 6) is -0.143. The van der Waals surface area contributed by atoms with Gasteiger partial charge in [-0.25, -0.2) is 0 Å². The van der Waals surface area contributed by atoms with Gasteiger partial charge in [0, 0.05) is 32.6 Å². The molecule has 0 atom stereocenters. The van der Waals surface area contributed by atoms with Gasteiger partial charge in [-0.3, -0.25) is 9.59 Å². The quantitative estimate of drug-likeness (QED) is 0.493. The molecule has 0 radical (unpaired) electrons. The topological polar surface area (TPSA) is 55.4 Å². The summed E-state index contributed by atoms with van der Waals surface area (Å²) in [5, 5.41) is 2.19. The van der Waals surface area contributed by atoms with Crippen molar-refractivity contribution in [3.63, 3.8) is 0 Å². The highest BCUT2D eigenvalue weighted by Gasteiger charge is 2.03. The fourth-order valence-corrected chi connectivity index (χ4v) is 0.941. The van der Waals surface area contributed by atoms with Crippen molar-refractivity contribution < 1.29 is 14.3 Å². The van der Waals surface area contributed by atoms with Crippen LogP contribution in [0.15, 0.2) is 0 Å². The number of hydrogen-bond donors (Lipinski definition) is 1. The first-order chi connectivity index (χ1) is 6.66. The molecular formula is C9H16ClNO3. The number of hydrogen-bond acceptors (Lipinski definition) is 3. The number of halogens is 1. The van der Waals surface area contributed by atoms with Crippen LogP contribution in [0, 0.1) is 0 Å². The molecule has 0 saturated carbocycles. The van der Waals surface area contributed by atoms with Gasteiger partial charge in [-0.15, -0.1) is 0 Å². The zero-order valence-corrected chi connectivity index (χ0v) is 9.10. The van der Waals surface area contributed by atoms with Crippen molar-refractivity contribution in [2.24, 2.45) is 0 Å². The van der Waals surface area contributed by atoms with E-state index in [2.05, 4.69) is 5.32 Å². The average Bonchev–Trinajstić information content (AvgIpc) is 2.14. The standard InChI is InChI=1S/C9H16ClNO3/c1-2-14-7-3-6-11-9(13)5-4-8(10)12/h2-7H2,1H3,(H,11,13). The maximum atomic E-state index is 11.0. The van der Waals surface area contributed by atoms with E-state index in [9.17, 15) is 9.59 Å². The molecule has 0 spiro atoms. The van der Waals surface area contributed by atoms with Gasteiger partial charge in [0.2, 0.25) is 11.1 Å². The SMILES string of the molecule is CCOCCCNC(=O)CCC(=O)Cl. The summed E-state index contributed by atoms with van der Waals surface area (Å²) < 4.78 is 5.09. The van der Waals surface area contributed by atoms with Gasteiger partial charge in [-0.2, -0.15) is 0 Å². The lowest BCUT2D eigenvalue weighted by Crippen LogP contribution is -2.25. The molecule has 0 bridgehead atoms. The Morgan fingerprint density at radius 3 is 2.64 bits per heavy atom. The van der Waals surface area contributed by atoms with E-state index in [0.29, 0.717) is 19.8 Å². The Morgan fingerprint density at radius 1 is 1.36 bits per heavy atom. The molecule has 1 N–H and O–H groups in total. The molecule has 1 amide bonds. The summed E-state index contributed by atoms with van der Waals surface area (Å²) in [6, 6.07) is 0. The molecule has 14 heavy (non-hydrogen) atoms. The number of amides is 1. The van der Waals surface area contributed by atoms with E-state index in [0.717, 1.165) is 6.42 Å². The summed E-state index contributed by atoms with van der Waals surface area (Å²) in [7, 11) is 0. The molecular weight excluding hydrogens is 206 g/mol. The molecule has 5 heteroatoms. The number of rotatable bonds is 8. The van der Waals surface area contributed by atoms with Gasteiger partial charge in [-0.1, -0.05) is 0 Å². The molecule has 0 aromatic heterocycles. The Balaban J connectivity index is 3.22. The Kier molecular flexibility index (Phi) is 8.57. The first kappa shape index (κ1) is 13.4. The van der Waals surface area contributed by atoms with E-state index in [-0.39, 0.29) is 18.7 Å². The fourth-order valence-electron chi connectivity index (χ4n) is 0.847. The van der Waals surface area contributed by atoms with Crippen LogP contribution < -0.4 is 5.32 Å². The number of nitrogens with one attached hydrogen (secondary N) is 1. The van der Waals surface area contributed by atoms with Crippen LogP contribution in [0.1, 0.15) is 26.2 Å². The Labute approximate surface area is 88.9 Å². The van der Waals surface area contributed by atoms with Crippen LogP contribution in [0.3, 0.4) is 0 Å². The van der Waals surface area contributed by atoms with Gasteiger partial charge in [0.1, 0.15) is 0 Å². The predicted octanol–water partition coefficient (Wildman–Crippen LogP) is 1.07. The second-order valence-corrected chi connectivity index (χ2v) is 3.18. The van der Waals surface area contributed by atoms with Crippen molar-refractivity contribution in [2.75, 3.05) is 19.8 Å². The van der Waals surface area contributed by atoms with Crippen molar-refractivity contribution in [2.45, 2.75) is 26.2 Å². The maximum absolute atomic E-state index is 11.0. The second-order valence-electron chi connectivity index (χ2n) is 2.76. The minimum absolute atomic E-state index is 0.0961. The third-order valence-corrected chi connectivity index (χ3v) is 1.73. The van der Waals surface area contributed by atoms with Crippen LogP contribution in [0.5, 0.6) is 0 Å². The molecule has 0 aliphatic carbocycles. The second kappa shape index (κ2) is 8.97. The monoisotopic (exact) mass is 221 g/mol. The zero-order chi connectivity index (χ0) is 10.8. The van der Waals surface area contributed by atoms with Crippen molar-refractivity contribution in [1.82, 2.24) is 5.32 Å². The molecule has 0 heterocycles. The van der Waals surface area contributed by atoms with Crippen LogP contribution in [0.4, 0.5) is 0 Å². The smallest absolute Gasteiger partial charge is 0.222 e. The lowest BCUT2D eigenvalue weighted by atomic mass is 10.3. The summed E-state index contributed by atoms with van der Waals surface area (Å²) >= 11 is 5.09. The fraction of sp³-hybridized carbons (Fsp3) is 0.778. The molecule has 0 rings (SSSR count). The van der Waals surface area contributed by atoms with Gasteiger partial charge < -0.3 is 10.1 Å². The molecule has 82 valence electrons. The summed E-state index contributed by atoms with van der Waals surface area (Å²) in [4.78, 5) is 21.3. The highest BCUT2D eigenvalue weighted by atomic mass is 35.5. The molecule has 0 aliphatic rings. The van der Waals surface area contributed by atoms with Crippen LogP contribution >= 0.6 is 11.6 Å². The summed E-state index contributed by atoms with van der Waals surface area (Å²) in [6.45, 7) is 3.83. The van der Waals surface area contributed by atoms with Crippen molar-refractivity contribution in [1.29, 1.82) is 0 Å². The van der Waals surface area contributed by atoms with Crippen molar-refractivity contribution in [3.05, 3.63) is 0 Å². The Hall–Kier alpha value is -0.610. The van der Waals surface area contributed by atoms with Crippen molar-refractivity contribution >= 4 is 22.8 Å². The third kappa shape index (κ3) is 9.48. The number of ether oxygens (including phenoxy) is 1. The summed E-state index contributed by atoms with van der Waals surface area (Å²) in [6.07, 6.45) is 1.05. The van der Waals surface area contributed by atoms with E-state index in [1.54, 1.807) is 0 Å². The van der Waals surface area contributed by atoms with Gasteiger partial charge in [-0.05, 0) is 24.9 Å². The van der Waals surface area contributed by atoms with Gasteiger partial charge in [0.05, 0.1) is 0 Å². The third-order valence-electron chi connectivity index (χ3n) is 1.54. The highest BCUT2D eigenvalue weighted by Crippen LogP contribution is 1.94. The van der Waals surface area contributed by atoms with E-state index in [4.69, 9.17) is 16.3 Å². The molecule has 0 aliphatic heterocycles. The van der Waals surface area contributed by atoms with Crippen LogP contribution in [0.25, 0.3) is 0 Å². The van der Waals surface area contributed by atoms with Gasteiger partial charge >= 0.3 is 0 Å². The lowest BCUT2D eigenvalue weighted by molar-refractivity contribution is -0.123. The van der Waals surface area contributed by atoms with Crippen LogP contribution in [-0.4, -0.2) is 30.9 Å². The first-order valence-electron chi connectivity index (χ1n) is 4.69. The number of carbonyl (C=O) groups is 2. The predicted molar refractivity (Wildman–Crippen MR) is 54.2 cm³/mol. The van der Waals surface area contributed by atoms with Gasteiger partial charge in [0.25, 0.3) is 0 Å². The van der Waals surface area contributed by atoms with E-state index in [1.807, 2.05) is 6.92 Å². The Bertz CT molecular complexity index is 185. The molecule has 0 saturated heterocycles. The van der Waals surface area contributed by atoms with Crippen molar-refractivity contribution in [3.8, 4) is 0 Å². The van der Waals surface area contributed by atoms with Crippen LogP contribution in [-0.2, 0) is 14.3 Å².